The number of benzene rings is 8. The molecule has 8 aromatic carbocycles. The molecule has 5 nitrogen and oxygen atoms in total. The van der Waals surface area contributed by atoms with E-state index in [9.17, 15) is 10.5 Å². The number of aromatic nitrogens is 3. The van der Waals surface area contributed by atoms with Gasteiger partial charge in [0, 0.05) is 49.3 Å². The minimum atomic E-state index is 0.605. The summed E-state index contributed by atoms with van der Waals surface area (Å²) in [6.45, 7) is 0. The first-order valence-corrected chi connectivity index (χ1v) is 18.3. The van der Waals surface area contributed by atoms with E-state index in [-0.39, 0.29) is 0 Å². The molecule has 0 aliphatic rings. The zero-order valence-electron chi connectivity index (χ0n) is 29.5. The summed E-state index contributed by atoms with van der Waals surface area (Å²) in [5.41, 5.74) is 13.0. The van der Waals surface area contributed by atoms with E-state index in [1.807, 2.05) is 36.4 Å². The fourth-order valence-corrected chi connectivity index (χ4v) is 8.70. The minimum absolute atomic E-state index is 0.605. The van der Waals surface area contributed by atoms with Crippen LogP contribution in [0.4, 0.5) is 0 Å². The van der Waals surface area contributed by atoms with E-state index in [0.29, 0.717) is 11.1 Å². The van der Waals surface area contributed by atoms with Crippen molar-refractivity contribution in [1.82, 2.24) is 13.7 Å². The Hall–Kier alpha value is -7.86. The number of hydrogen-bond donors (Lipinski definition) is 0. The van der Waals surface area contributed by atoms with Gasteiger partial charge in [0.05, 0.1) is 62.1 Å². The van der Waals surface area contributed by atoms with Gasteiger partial charge >= 0.3 is 0 Å². The molecule has 0 fully saturated rings. The molecule has 0 aliphatic heterocycles. The van der Waals surface area contributed by atoms with Crippen LogP contribution in [0.5, 0.6) is 0 Å². The van der Waals surface area contributed by atoms with Crippen molar-refractivity contribution in [2.45, 2.75) is 0 Å². The van der Waals surface area contributed by atoms with Crippen LogP contribution in [0, 0.1) is 22.7 Å². The van der Waals surface area contributed by atoms with Crippen LogP contribution in [0.1, 0.15) is 11.1 Å². The highest BCUT2D eigenvalue weighted by Gasteiger charge is 2.19. The van der Waals surface area contributed by atoms with E-state index >= 15 is 0 Å². The molecule has 0 atom stereocenters. The molecular weight excluding hydrogens is 671 g/mol. The topological polar surface area (TPSA) is 62.4 Å². The Bertz CT molecular complexity index is 3400. The normalized spacial score (nSPS) is 11.6. The highest BCUT2D eigenvalue weighted by atomic mass is 15.0. The Morgan fingerprint density at radius 3 is 1.35 bits per heavy atom. The first-order valence-electron chi connectivity index (χ1n) is 18.3. The fourth-order valence-electron chi connectivity index (χ4n) is 8.70. The van der Waals surface area contributed by atoms with Gasteiger partial charge in [-0.15, -0.1) is 0 Å². The molecule has 3 heterocycles. The molecule has 0 spiro atoms. The lowest BCUT2D eigenvalue weighted by molar-refractivity contribution is 1.16. The van der Waals surface area contributed by atoms with Crippen LogP contribution in [-0.4, -0.2) is 13.7 Å². The lowest BCUT2D eigenvalue weighted by atomic mass is 10.00. The van der Waals surface area contributed by atoms with Gasteiger partial charge in [0.1, 0.15) is 0 Å². The standard InChI is InChI=1S/C50H29N5/c51-30-32-17-24-48(41(27-32)34-19-21-35(22-20-34)53-46-15-7-3-11-39(46)42-28-33(31-52)18-25-49(42)53)55-47-16-8-4-12-40(47)43-29-36(23-26-50(43)55)54-44-13-5-1-9-37(44)38-10-2-6-14-45(38)54/h1-29H. The molecule has 0 saturated carbocycles. The van der Waals surface area contributed by atoms with Crippen molar-refractivity contribution in [1.29, 1.82) is 10.5 Å². The second kappa shape index (κ2) is 11.8. The fraction of sp³-hybridized carbons (Fsp3) is 0. The molecule has 0 saturated heterocycles. The molecule has 0 aliphatic carbocycles. The van der Waals surface area contributed by atoms with Gasteiger partial charge in [-0.25, -0.2) is 0 Å². The highest BCUT2D eigenvalue weighted by molar-refractivity contribution is 6.13. The monoisotopic (exact) mass is 699 g/mol. The molecule has 5 heteroatoms. The van der Waals surface area contributed by atoms with E-state index < -0.39 is 0 Å². The van der Waals surface area contributed by atoms with Gasteiger partial charge in [-0.3, -0.25) is 0 Å². The maximum absolute atomic E-state index is 10.1. The van der Waals surface area contributed by atoms with Gasteiger partial charge in [-0.2, -0.15) is 10.5 Å². The predicted molar refractivity (Wildman–Crippen MR) is 224 cm³/mol. The predicted octanol–water partition coefficient (Wildman–Crippen LogP) is 12.4. The highest BCUT2D eigenvalue weighted by Crippen LogP contribution is 2.40. The molecule has 0 bridgehead atoms. The third-order valence-electron chi connectivity index (χ3n) is 11.1. The molecule has 0 N–H and O–H groups in total. The van der Waals surface area contributed by atoms with Crippen molar-refractivity contribution in [3.8, 4) is 40.3 Å². The average molecular weight is 700 g/mol. The van der Waals surface area contributed by atoms with E-state index in [2.05, 4.69) is 165 Å². The summed E-state index contributed by atoms with van der Waals surface area (Å²) in [6.07, 6.45) is 0. The molecule has 55 heavy (non-hydrogen) atoms. The van der Waals surface area contributed by atoms with Gasteiger partial charge in [0.15, 0.2) is 0 Å². The molecule has 11 rings (SSSR count). The minimum Gasteiger partial charge on any atom is -0.309 e. The van der Waals surface area contributed by atoms with Crippen LogP contribution in [0.15, 0.2) is 176 Å². The lowest BCUT2D eigenvalue weighted by Gasteiger charge is -2.16. The zero-order chi connectivity index (χ0) is 36.6. The van der Waals surface area contributed by atoms with Crippen LogP contribution >= 0.6 is 0 Å². The summed E-state index contributed by atoms with van der Waals surface area (Å²) in [5, 5.41) is 26.6. The van der Waals surface area contributed by atoms with Crippen molar-refractivity contribution < 1.29 is 0 Å². The largest absolute Gasteiger partial charge is 0.309 e. The summed E-state index contributed by atoms with van der Waals surface area (Å²) >= 11 is 0. The van der Waals surface area contributed by atoms with Crippen molar-refractivity contribution in [2.75, 3.05) is 0 Å². The molecular formula is C50H29N5. The average Bonchev–Trinajstić information content (AvgIpc) is 3.89. The van der Waals surface area contributed by atoms with Gasteiger partial charge in [0.2, 0.25) is 0 Å². The Balaban J connectivity index is 1.10. The Kier molecular flexibility index (Phi) is 6.61. The summed E-state index contributed by atoms with van der Waals surface area (Å²) < 4.78 is 6.96. The van der Waals surface area contributed by atoms with Gasteiger partial charge in [-0.1, -0.05) is 84.9 Å². The number of rotatable bonds is 4. The summed E-state index contributed by atoms with van der Waals surface area (Å²) in [5.74, 6) is 0. The Morgan fingerprint density at radius 1 is 0.327 bits per heavy atom. The first-order chi connectivity index (χ1) is 27.2. The van der Waals surface area contributed by atoms with Crippen LogP contribution < -0.4 is 0 Å². The third-order valence-corrected chi connectivity index (χ3v) is 11.1. The second-order valence-corrected chi connectivity index (χ2v) is 14.0. The van der Waals surface area contributed by atoms with E-state index in [1.165, 1.54) is 21.8 Å². The first kappa shape index (κ1) is 30.7. The van der Waals surface area contributed by atoms with Crippen LogP contribution in [0.3, 0.4) is 0 Å². The quantitative estimate of drug-likeness (QED) is 0.184. The van der Waals surface area contributed by atoms with Crippen LogP contribution in [0.2, 0.25) is 0 Å². The maximum atomic E-state index is 10.1. The molecule has 11 aromatic rings. The molecule has 3 aromatic heterocycles. The van der Waals surface area contributed by atoms with Crippen LogP contribution in [0.25, 0.3) is 93.6 Å². The number of para-hydroxylation sites is 4. The van der Waals surface area contributed by atoms with E-state index in [4.69, 9.17) is 0 Å². The second-order valence-electron chi connectivity index (χ2n) is 14.0. The zero-order valence-corrected chi connectivity index (χ0v) is 29.5. The smallest absolute Gasteiger partial charge is 0.0991 e. The molecule has 0 amide bonds. The Labute approximate surface area is 316 Å². The Morgan fingerprint density at radius 2 is 0.745 bits per heavy atom. The summed E-state index contributed by atoms with van der Waals surface area (Å²) in [6, 6.07) is 66.0. The SMILES string of the molecule is N#Cc1ccc(-n2c3ccccc3c3cc(-n4c5ccccc5c5ccccc54)ccc32)c(-c2ccc(-n3c4ccccc4c4cc(C#N)ccc43)cc2)c1. The van der Waals surface area contributed by atoms with Crippen molar-refractivity contribution in [3.05, 3.63) is 187 Å². The van der Waals surface area contributed by atoms with Crippen molar-refractivity contribution in [2.24, 2.45) is 0 Å². The van der Waals surface area contributed by atoms with Gasteiger partial charge < -0.3 is 13.7 Å². The van der Waals surface area contributed by atoms with E-state index in [1.54, 1.807) is 0 Å². The van der Waals surface area contributed by atoms with Gasteiger partial charge in [0.25, 0.3) is 0 Å². The summed E-state index contributed by atoms with van der Waals surface area (Å²) in [7, 11) is 0. The lowest BCUT2D eigenvalue weighted by Crippen LogP contribution is -1.99. The van der Waals surface area contributed by atoms with E-state index in [0.717, 1.165) is 71.8 Å². The van der Waals surface area contributed by atoms with Crippen molar-refractivity contribution >= 4 is 65.4 Å². The summed E-state index contributed by atoms with van der Waals surface area (Å²) in [4.78, 5) is 0. The number of fused-ring (bicyclic) bond motifs is 9. The maximum Gasteiger partial charge on any atom is 0.0991 e. The molecule has 0 radical (unpaired) electrons. The number of hydrogen-bond acceptors (Lipinski definition) is 2. The molecule has 254 valence electrons. The van der Waals surface area contributed by atoms with Gasteiger partial charge in [-0.05, 0) is 96.6 Å². The van der Waals surface area contributed by atoms with Crippen LogP contribution in [-0.2, 0) is 0 Å². The molecule has 0 unspecified atom stereocenters. The van der Waals surface area contributed by atoms with Crippen molar-refractivity contribution in [3.63, 3.8) is 0 Å². The number of nitrogens with zero attached hydrogens (tertiary/aromatic N) is 5. The number of nitriles is 2. The third kappa shape index (κ3) is 4.51.